The van der Waals surface area contributed by atoms with Gasteiger partial charge in [0, 0.05) is 29.8 Å². The van der Waals surface area contributed by atoms with Gasteiger partial charge in [-0.1, -0.05) is 17.2 Å². The highest BCUT2D eigenvalue weighted by molar-refractivity contribution is 5.99. The maximum absolute atomic E-state index is 12.4. The Bertz CT molecular complexity index is 856. The molecule has 0 unspecified atom stereocenters. The van der Waals surface area contributed by atoms with E-state index in [9.17, 15) is 14.9 Å². The molecule has 0 bridgehead atoms. The first-order chi connectivity index (χ1) is 11.1. The molecule has 4 rings (SSSR count). The Labute approximate surface area is 130 Å². The van der Waals surface area contributed by atoms with Crippen LogP contribution in [0.2, 0.25) is 0 Å². The molecule has 116 valence electrons. The number of anilines is 1. The van der Waals surface area contributed by atoms with Gasteiger partial charge in [0.2, 0.25) is 5.95 Å². The Balaban J connectivity index is 1.91. The zero-order valence-electron chi connectivity index (χ0n) is 12.0. The quantitative estimate of drug-likeness (QED) is 0.661. The molecule has 2 aliphatic rings. The molecular weight excluding hydrogens is 300 g/mol. The van der Waals surface area contributed by atoms with Crippen LogP contribution in [0.4, 0.5) is 11.6 Å². The summed E-state index contributed by atoms with van der Waals surface area (Å²) in [6.45, 7) is 0. The Hall–Kier alpha value is -3.10. The smallest absolute Gasteiger partial charge is 0.269 e. The topological polar surface area (TPSA) is 116 Å². The molecule has 2 heterocycles. The standard InChI is InChI=1S/C14H12N6O3/c21-11-6-2-5-10-12(11)13(19-14(15-10)16-17-18-19)8-3-1-4-9(7-8)20(22)23/h1,3-4,7,13H,2,5-6H2,(H,15,16,18)/t13-/m0/s1. The van der Waals surface area contributed by atoms with Gasteiger partial charge >= 0.3 is 0 Å². The van der Waals surface area contributed by atoms with Crippen LogP contribution in [0.3, 0.4) is 0 Å². The van der Waals surface area contributed by atoms with Crippen molar-refractivity contribution in [3.8, 4) is 0 Å². The van der Waals surface area contributed by atoms with E-state index in [1.165, 1.54) is 16.8 Å². The Kier molecular flexibility index (Phi) is 2.93. The molecule has 1 aliphatic carbocycles. The van der Waals surface area contributed by atoms with Crippen molar-refractivity contribution in [3.63, 3.8) is 0 Å². The number of fused-ring (bicyclic) bond motifs is 1. The maximum Gasteiger partial charge on any atom is 0.269 e. The van der Waals surface area contributed by atoms with Crippen molar-refractivity contribution in [1.29, 1.82) is 0 Å². The molecule has 9 nitrogen and oxygen atoms in total. The maximum atomic E-state index is 12.4. The van der Waals surface area contributed by atoms with Gasteiger partial charge < -0.3 is 5.32 Å². The van der Waals surface area contributed by atoms with Crippen LogP contribution >= 0.6 is 0 Å². The summed E-state index contributed by atoms with van der Waals surface area (Å²) in [5, 5.41) is 25.7. The fraction of sp³-hybridized carbons (Fsp3) is 0.286. The van der Waals surface area contributed by atoms with Crippen LogP contribution in [0.25, 0.3) is 0 Å². The normalized spacial score (nSPS) is 19.8. The van der Waals surface area contributed by atoms with Gasteiger partial charge in [0.05, 0.1) is 4.92 Å². The van der Waals surface area contributed by atoms with Crippen molar-refractivity contribution in [2.75, 3.05) is 5.32 Å². The van der Waals surface area contributed by atoms with Crippen molar-refractivity contribution < 1.29 is 9.72 Å². The second kappa shape index (κ2) is 4.97. The number of nitro groups is 1. The van der Waals surface area contributed by atoms with Crippen molar-refractivity contribution in [2.45, 2.75) is 25.3 Å². The number of aromatic nitrogens is 4. The van der Waals surface area contributed by atoms with Gasteiger partial charge in [0.25, 0.3) is 5.69 Å². The largest absolute Gasteiger partial charge is 0.326 e. The Morgan fingerprint density at radius 3 is 3.04 bits per heavy atom. The highest BCUT2D eigenvalue weighted by atomic mass is 16.6. The SMILES string of the molecule is O=C1CCCC2=C1[C@H](c1cccc([N+](=O)[O-])c1)n1nnnc1N2. The molecule has 1 aliphatic heterocycles. The number of tetrazole rings is 1. The van der Waals surface area contributed by atoms with Gasteiger partial charge in [0.1, 0.15) is 6.04 Å². The molecule has 0 radical (unpaired) electrons. The van der Waals surface area contributed by atoms with E-state index in [2.05, 4.69) is 20.8 Å². The lowest BCUT2D eigenvalue weighted by molar-refractivity contribution is -0.384. The summed E-state index contributed by atoms with van der Waals surface area (Å²) in [6, 6.07) is 5.70. The zero-order valence-corrected chi connectivity index (χ0v) is 12.0. The second-order valence-electron chi connectivity index (χ2n) is 5.50. The fourth-order valence-corrected chi connectivity index (χ4v) is 3.13. The van der Waals surface area contributed by atoms with E-state index in [0.29, 0.717) is 23.5 Å². The number of non-ortho nitro benzene ring substituents is 1. The van der Waals surface area contributed by atoms with Crippen LogP contribution in [0.15, 0.2) is 35.5 Å². The number of benzene rings is 1. The molecule has 9 heteroatoms. The van der Waals surface area contributed by atoms with E-state index in [0.717, 1.165) is 18.5 Å². The summed E-state index contributed by atoms with van der Waals surface area (Å²) < 4.78 is 1.50. The average molecular weight is 312 g/mol. The number of ketones is 1. The lowest BCUT2D eigenvalue weighted by atomic mass is 9.85. The Morgan fingerprint density at radius 2 is 2.22 bits per heavy atom. The van der Waals surface area contributed by atoms with Crippen LogP contribution in [0, 0.1) is 10.1 Å². The van der Waals surface area contributed by atoms with Gasteiger partial charge in [-0.3, -0.25) is 14.9 Å². The van der Waals surface area contributed by atoms with Crippen molar-refractivity contribution in [3.05, 3.63) is 51.2 Å². The number of hydrogen-bond acceptors (Lipinski definition) is 7. The van der Waals surface area contributed by atoms with E-state index in [-0.39, 0.29) is 11.5 Å². The van der Waals surface area contributed by atoms with Gasteiger partial charge in [0.15, 0.2) is 5.78 Å². The van der Waals surface area contributed by atoms with Crippen molar-refractivity contribution in [1.82, 2.24) is 20.2 Å². The average Bonchev–Trinajstić information content (AvgIpc) is 3.01. The molecule has 1 aromatic carbocycles. The molecule has 0 saturated carbocycles. The number of nitrogens with one attached hydrogen (secondary N) is 1. The minimum atomic E-state index is -0.538. The number of hydrogen-bond donors (Lipinski definition) is 1. The number of rotatable bonds is 2. The van der Waals surface area contributed by atoms with E-state index in [1.54, 1.807) is 12.1 Å². The molecular formula is C14H12N6O3. The van der Waals surface area contributed by atoms with E-state index >= 15 is 0 Å². The lowest BCUT2D eigenvalue weighted by Crippen LogP contribution is -2.31. The minimum Gasteiger partial charge on any atom is -0.326 e. The summed E-state index contributed by atoms with van der Waals surface area (Å²) in [6.07, 6.45) is 1.97. The number of nitrogens with zero attached hydrogens (tertiary/aromatic N) is 5. The van der Waals surface area contributed by atoms with Crippen molar-refractivity contribution in [2.24, 2.45) is 0 Å². The predicted molar refractivity (Wildman–Crippen MR) is 78.6 cm³/mol. The fourth-order valence-electron chi connectivity index (χ4n) is 3.13. The predicted octanol–water partition coefficient (Wildman–Crippen LogP) is 1.60. The van der Waals surface area contributed by atoms with E-state index in [1.807, 2.05) is 0 Å². The highest BCUT2D eigenvalue weighted by Crippen LogP contribution is 2.39. The molecule has 0 amide bonds. The summed E-state index contributed by atoms with van der Waals surface area (Å²) in [4.78, 5) is 23.0. The molecule has 0 fully saturated rings. The van der Waals surface area contributed by atoms with Crippen LogP contribution in [0.1, 0.15) is 30.9 Å². The number of Topliss-reactive ketones (excluding diaryl/α,β-unsaturated/α-hetero) is 1. The molecule has 23 heavy (non-hydrogen) atoms. The van der Waals surface area contributed by atoms with Crippen molar-refractivity contribution >= 4 is 17.4 Å². The first-order valence-corrected chi connectivity index (χ1v) is 7.20. The second-order valence-corrected chi connectivity index (χ2v) is 5.50. The zero-order chi connectivity index (χ0) is 16.0. The number of carbonyl (C=O) groups excluding carboxylic acids is 1. The summed E-state index contributed by atoms with van der Waals surface area (Å²) in [5.41, 5.74) is 2.00. The molecule has 1 N–H and O–H groups in total. The van der Waals surface area contributed by atoms with Crippen LogP contribution in [-0.4, -0.2) is 30.9 Å². The number of nitro benzene ring substituents is 1. The lowest BCUT2D eigenvalue weighted by Gasteiger charge is -2.31. The third kappa shape index (κ3) is 2.08. The monoisotopic (exact) mass is 312 g/mol. The number of allylic oxidation sites excluding steroid dienone is 2. The van der Waals surface area contributed by atoms with Gasteiger partial charge in [-0.25, -0.2) is 0 Å². The summed E-state index contributed by atoms with van der Waals surface area (Å²) in [7, 11) is 0. The van der Waals surface area contributed by atoms with Crippen LogP contribution in [-0.2, 0) is 4.79 Å². The van der Waals surface area contributed by atoms with Crippen LogP contribution < -0.4 is 5.32 Å². The van der Waals surface area contributed by atoms with E-state index < -0.39 is 11.0 Å². The van der Waals surface area contributed by atoms with Crippen LogP contribution in [0.5, 0.6) is 0 Å². The summed E-state index contributed by atoms with van der Waals surface area (Å²) in [5.74, 6) is 0.464. The third-order valence-corrected chi connectivity index (χ3v) is 4.13. The summed E-state index contributed by atoms with van der Waals surface area (Å²) >= 11 is 0. The number of carbonyl (C=O) groups is 1. The molecule has 1 atom stereocenters. The molecule has 0 spiro atoms. The Morgan fingerprint density at radius 1 is 1.35 bits per heavy atom. The van der Waals surface area contributed by atoms with Gasteiger partial charge in [-0.2, -0.15) is 4.68 Å². The van der Waals surface area contributed by atoms with E-state index in [4.69, 9.17) is 0 Å². The highest BCUT2D eigenvalue weighted by Gasteiger charge is 2.36. The first-order valence-electron chi connectivity index (χ1n) is 7.20. The first kappa shape index (κ1) is 13.6. The molecule has 0 saturated heterocycles. The molecule has 1 aromatic heterocycles. The van der Waals surface area contributed by atoms with Gasteiger partial charge in [-0.15, -0.1) is 0 Å². The molecule has 2 aromatic rings. The minimum absolute atomic E-state index is 0.0245. The third-order valence-electron chi connectivity index (χ3n) is 4.13. The van der Waals surface area contributed by atoms with Gasteiger partial charge in [-0.05, 0) is 28.8 Å².